The van der Waals surface area contributed by atoms with E-state index in [4.69, 9.17) is 20.3 Å². The summed E-state index contributed by atoms with van der Waals surface area (Å²) >= 11 is 1.38. The molecule has 3 heterocycles. The number of carbonyl (C=O) groups excluding carboxylic acids is 1. The molecule has 3 N–H and O–H groups in total. The number of primary amides is 1. The van der Waals surface area contributed by atoms with Gasteiger partial charge < -0.3 is 20.3 Å². The molecule has 17 heavy (non-hydrogen) atoms. The number of hydrogen-bond acceptors (Lipinski definition) is 6. The van der Waals surface area contributed by atoms with Crippen LogP contribution < -0.4 is 5.73 Å². The van der Waals surface area contributed by atoms with E-state index in [0.29, 0.717) is 6.42 Å². The summed E-state index contributed by atoms with van der Waals surface area (Å²) in [4.78, 5) is 15.0. The minimum Gasteiger partial charge on any atom is -0.394 e. The zero-order valence-electron chi connectivity index (χ0n) is 8.91. The smallest absolute Gasteiger partial charge is 0.268 e. The minimum absolute atomic E-state index is 0.0257. The zero-order chi connectivity index (χ0) is 12.0. The second-order valence-electron chi connectivity index (χ2n) is 4.16. The Morgan fingerprint density at radius 1 is 1.47 bits per heavy atom. The Labute approximate surface area is 101 Å². The molecule has 2 aliphatic rings. The van der Waals surface area contributed by atoms with E-state index in [2.05, 4.69) is 4.98 Å². The maximum atomic E-state index is 10.9. The number of ether oxygens (including phenoxy) is 2. The van der Waals surface area contributed by atoms with Crippen molar-refractivity contribution in [3.63, 3.8) is 0 Å². The van der Waals surface area contributed by atoms with Gasteiger partial charge in [0.1, 0.15) is 24.0 Å². The number of hydrogen-bond donors (Lipinski definition) is 2. The maximum absolute atomic E-state index is 10.9. The van der Waals surface area contributed by atoms with E-state index in [0.717, 1.165) is 5.01 Å². The molecule has 3 rings (SSSR count). The highest BCUT2D eigenvalue weighted by molar-refractivity contribution is 7.09. The van der Waals surface area contributed by atoms with Crippen LogP contribution >= 0.6 is 11.3 Å². The molecule has 7 heteroatoms. The molecule has 0 saturated carbocycles. The minimum atomic E-state index is -0.520. The van der Waals surface area contributed by atoms with Gasteiger partial charge in [0.05, 0.1) is 17.7 Å². The molecule has 6 nitrogen and oxygen atoms in total. The van der Waals surface area contributed by atoms with Gasteiger partial charge in [0.15, 0.2) is 0 Å². The van der Waals surface area contributed by atoms with Crippen LogP contribution in [0.15, 0.2) is 5.38 Å². The highest BCUT2D eigenvalue weighted by atomic mass is 32.1. The number of rotatable bonds is 4. The highest BCUT2D eigenvalue weighted by Gasteiger charge is 2.57. The molecular formula is C10H12N2O4S. The topological polar surface area (TPSA) is 98.0 Å². The van der Waals surface area contributed by atoms with E-state index in [-0.39, 0.29) is 36.7 Å². The van der Waals surface area contributed by atoms with Crippen LogP contribution in [0.4, 0.5) is 0 Å². The van der Waals surface area contributed by atoms with Crippen molar-refractivity contribution in [3.05, 3.63) is 16.1 Å². The first-order valence-corrected chi connectivity index (χ1v) is 6.23. The summed E-state index contributed by atoms with van der Waals surface area (Å²) in [6.07, 6.45) is 0.383. The Balaban J connectivity index is 1.65. The van der Waals surface area contributed by atoms with Gasteiger partial charge in [0.2, 0.25) is 0 Å². The zero-order valence-corrected chi connectivity index (χ0v) is 9.72. The molecule has 1 amide bonds. The van der Waals surface area contributed by atoms with Gasteiger partial charge in [-0.2, -0.15) is 0 Å². The van der Waals surface area contributed by atoms with Crippen molar-refractivity contribution in [1.29, 1.82) is 0 Å². The lowest BCUT2D eigenvalue weighted by Gasteiger charge is -2.14. The summed E-state index contributed by atoms with van der Waals surface area (Å²) in [5.41, 5.74) is 5.42. The predicted octanol–water partition coefficient (Wildman–Crippen LogP) is -0.688. The fourth-order valence-corrected chi connectivity index (χ4v) is 2.94. The lowest BCUT2D eigenvalue weighted by molar-refractivity contribution is -0.0510. The fourth-order valence-electron chi connectivity index (χ4n) is 2.11. The van der Waals surface area contributed by atoms with Crippen molar-refractivity contribution in [2.24, 2.45) is 5.73 Å². The summed E-state index contributed by atoms with van der Waals surface area (Å²) in [7, 11) is 0. The SMILES string of the molecule is NC(=O)c1csc(C[C@@H]2O[C@H](CO)[C@H]3O[C@H]32)n1. The van der Waals surface area contributed by atoms with Crippen LogP contribution in [-0.2, 0) is 15.9 Å². The second-order valence-corrected chi connectivity index (χ2v) is 5.10. The van der Waals surface area contributed by atoms with Crippen molar-refractivity contribution < 1.29 is 19.4 Å². The Hall–Kier alpha value is -1.02. The van der Waals surface area contributed by atoms with Crippen molar-refractivity contribution in [1.82, 2.24) is 4.98 Å². The van der Waals surface area contributed by atoms with E-state index in [1.165, 1.54) is 11.3 Å². The molecule has 2 saturated heterocycles. The number of fused-ring (bicyclic) bond motifs is 1. The molecule has 92 valence electrons. The molecule has 0 bridgehead atoms. The fraction of sp³-hybridized carbons (Fsp3) is 0.600. The van der Waals surface area contributed by atoms with Gasteiger partial charge in [-0.1, -0.05) is 0 Å². The molecule has 1 aromatic rings. The number of amides is 1. The lowest BCUT2D eigenvalue weighted by atomic mass is 10.1. The number of nitrogens with zero attached hydrogens (tertiary/aromatic N) is 1. The molecule has 2 fully saturated rings. The molecule has 4 atom stereocenters. The van der Waals surface area contributed by atoms with E-state index in [1.807, 2.05) is 0 Å². The van der Waals surface area contributed by atoms with Crippen LogP contribution in [0, 0.1) is 0 Å². The van der Waals surface area contributed by atoms with Gasteiger partial charge in [0.25, 0.3) is 5.91 Å². The largest absolute Gasteiger partial charge is 0.394 e. The molecule has 0 unspecified atom stereocenters. The van der Waals surface area contributed by atoms with Crippen molar-refractivity contribution in [2.75, 3.05) is 6.61 Å². The van der Waals surface area contributed by atoms with E-state index >= 15 is 0 Å². The standard InChI is InChI=1S/C10H12N2O4S/c11-10(14)4-3-17-7(12-4)1-5-8-9(16-8)6(2-13)15-5/h3,5-6,8-9,13H,1-2H2,(H2,11,14)/t5-,6+,8-,9+/m0/s1. The van der Waals surface area contributed by atoms with Gasteiger partial charge in [-0.15, -0.1) is 11.3 Å². The van der Waals surface area contributed by atoms with Gasteiger partial charge in [-0.25, -0.2) is 4.98 Å². The molecular weight excluding hydrogens is 244 g/mol. The van der Waals surface area contributed by atoms with Crippen molar-refractivity contribution in [2.45, 2.75) is 30.8 Å². The summed E-state index contributed by atoms with van der Waals surface area (Å²) < 4.78 is 11.0. The van der Waals surface area contributed by atoms with Crippen molar-refractivity contribution in [3.8, 4) is 0 Å². The van der Waals surface area contributed by atoms with Crippen LogP contribution in [0.3, 0.4) is 0 Å². The highest BCUT2D eigenvalue weighted by Crippen LogP contribution is 2.40. The first-order valence-electron chi connectivity index (χ1n) is 5.35. The third-order valence-electron chi connectivity index (χ3n) is 3.00. The number of aliphatic hydroxyl groups excluding tert-OH is 1. The summed E-state index contributed by atoms with van der Waals surface area (Å²) in [5, 5.41) is 11.5. The number of aliphatic hydroxyl groups is 1. The van der Waals surface area contributed by atoms with Crippen LogP contribution in [0.1, 0.15) is 15.5 Å². The van der Waals surface area contributed by atoms with Crippen molar-refractivity contribution >= 4 is 17.2 Å². The number of nitrogens with two attached hydrogens (primary N) is 1. The summed E-state index contributed by atoms with van der Waals surface area (Å²) in [6.45, 7) is -0.0257. The van der Waals surface area contributed by atoms with Crippen LogP contribution in [0.25, 0.3) is 0 Å². The quantitative estimate of drug-likeness (QED) is 0.695. The predicted molar refractivity (Wildman–Crippen MR) is 58.7 cm³/mol. The number of epoxide rings is 1. The summed E-state index contributed by atoms with van der Waals surface area (Å²) in [6, 6.07) is 0. The first-order chi connectivity index (χ1) is 8.19. The molecule has 0 aromatic carbocycles. The average Bonchev–Trinajstić information content (AvgIpc) is 2.82. The Kier molecular flexibility index (Phi) is 2.62. The van der Waals surface area contributed by atoms with Gasteiger partial charge in [0, 0.05) is 11.8 Å². The average molecular weight is 256 g/mol. The molecule has 0 aliphatic carbocycles. The Morgan fingerprint density at radius 2 is 2.24 bits per heavy atom. The van der Waals surface area contributed by atoms with Gasteiger partial charge in [-0.05, 0) is 0 Å². The number of thiazole rings is 1. The Morgan fingerprint density at radius 3 is 2.82 bits per heavy atom. The van der Waals surface area contributed by atoms with E-state index in [1.54, 1.807) is 5.38 Å². The normalized spacial score (nSPS) is 34.6. The van der Waals surface area contributed by atoms with E-state index in [9.17, 15) is 4.79 Å². The van der Waals surface area contributed by atoms with Gasteiger partial charge in [-0.3, -0.25) is 4.79 Å². The first kappa shape index (κ1) is 11.1. The Bertz CT molecular complexity index is 449. The van der Waals surface area contributed by atoms with Crippen LogP contribution in [-0.4, -0.2) is 47.0 Å². The lowest BCUT2D eigenvalue weighted by Crippen LogP contribution is -2.24. The second kappa shape index (κ2) is 4.02. The molecule has 0 spiro atoms. The third-order valence-corrected chi connectivity index (χ3v) is 3.87. The molecule has 0 radical (unpaired) electrons. The number of aromatic nitrogens is 1. The third kappa shape index (κ3) is 1.95. The number of carbonyl (C=O) groups is 1. The van der Waals surface area contributed by atoms with Crippen LogP contribution in [0.5, 0.6) is 0 Å². The van der Waals surface area contributed by atoms with Gasteiger partial charge >= 0.3 is 0 Å². The monoisotopic (exact) mass is 256 g/mol. The maximum Gasteiger partial charge on any atom is 0.268 e. The summed E-state index contributed by atoms with van der Waals surface area (Å²) in [5.74, 6) is -0.520. The molecule has 1 aromatic heterocycles. The van der Waals surface area contributed by atoms with Crippen LogP contribution in [0.2, 0.25) is 0 Å². The van der Waals surface area contributed by atoms with E-state index < -0.39 is 5.91 Å². The molecule has 2 aliphatic heterocycles.